The summed E-state index contributed by atoms with van der Waals surface area (Å²) in [4.78, 5) is 15.6. The van der Waals surface area contributed by atoms with Crippen molar-refractivity contribution >= 4 is 39.7 Å². The van der Waals surface area contributed by atoms with Gasteiger partial charge in [0.15, 0.2) is 11.6 Å². The quantitative estimate of drug-likeness (QED) is 0.838. The van der Waals surface area contributed by atoms with Gasteiger partial charge in [0.05, 0.1) is 9.58 Å². The fourth-order valence-corrected chi connectivity index (χ4v) is 5.24. The molecule has 136 valence electrons. The number of piperidine rings is 3. The average molecular weight is 387 g/mol. The van der Waals surface area contributed by atoms with Gasteiger partial charge in [-0.25, -0.2) is 8.78 Å². The summed E-state index contributed by atoms with van der Waals surface area (Å²) in [7, 11) is 0. The number of carbonyl (C=O) groups is 1. The van der Waals surface area contributed by atoms with E-state index in [0.29, 0.717) is 16.2 Å². The molecule has 1 aromatic heterocycles. The molecule has 3 aliphatic heterocycles. The second-order valence-corrected chi connectivity index (χ2v) is 8.37. The Morgan fingerprint density at radius 2 is 1.96 bits per heavy atom. The molecule has 1 aromatic carbocycles. The van der Waals surface area contributed by atoms with Crippen LogP contribution in [0.1, 0.15) is 36.4 Å². The molecule has 0 spiro atoms. The van der Waals surface area contributed by atoms with Crippen molar-refractivity contribution < 1.29 is 13.6 Å². The smallest absolute Gasteiger partial charge is 0.261 e. The van der Waals surface area contributed by atoms with Gasteiger partial charge in [-0.2, -0.15) is 0 Å². The predicted molar refractivity (Wildman–Crippen MR) is 98.6 cm³/mol. The van der Waals surface area contributed by atoms with Gasteiger partial charge in [0.2, 0.25) is 0 Å². The lowest BCUT2D eigenvalue weighted by atomic mass is 9.72. The average Bonchev–Trinajstić information content (AvgIpc) is 3.00. The van der Waals surface area contributed by atoms with E-state index in [1.807, 2.05) is 0 Å². The molecule has 4 heterocycles. The number of carbonyl (C=O) groups excluding carboxylic acids is 1. The van der Waals surface area contributed by atoms with Crippen LogP contribution in [-0.2, 0) is 0 Å². The van der Waals surface area contributed by atoms with Crippen LogP contribution in [0.3, 0.4) is 0 Å². The lowest BCUT2D eigenvalue weighted by Gasteiger charge is -2.56. The summed E-state index contributed by atoms with van der Waals surface area (Å²) in [5.74, 6) is -1.46. The Bertz CT molecular complexity index is 815. The van der Waals surface area contributed by atoms with Gasteiger partial charge in [0.25, 0.3) is 5.91 Å². The maximum Gasteiger partial charge on any atom is 0.261 e. The summed E-state index contributed by atoms with van der Waals surface area (Å²) in [6.07, 6.45) is 2.20. The monoisotopic (exact) mass is 386 g/mol. The van der Waals surface area contributed by atoms with Crippen LogP contribution in [0.15, 0.2) is 18.2 Å². The van der Waals surface area contributed by atoms with Gasteiger partial charge >= 0.3 is 0 Å². The van der Waals surface area contributed by atoms with Crippen LogP contribution < -0.4 is 5.32 Å². The highest BCUT2D eigenvalue weighted by Gasteiger charge is 2.48. The van der Waals surface area contributed by atoms with Gasteiger partial charge in [0, 0.05) is 11.6 Å². The summed E-state index contributed by atoms with van der Waals surface area (Å²) >= 11 is 1.01. The van der Waals surface area contributed by atoms with Crippen molar-refractivity contribution in [2.45, 2.75) is 38.3 Å². The highest BCUT2D eigenvalue weighted by atomic mass is 35.5. The van der Waals surface area contributed by atoms with E-state index in [4.69, 9.17) is 0 Å². The Hall–Kier alpha value is -1.24. The maximum absolute atomic E-state index is 13.9. The van der Waals surface area contributed by atoms with Crippen molar-refractivity contribution in [3.8, 4) is 0 Å². The molecule has 0 radical (unpaired) electrons. The first-order valence-electron chi connectivity index (χ1n) is 8.31. The molecule has 3 saturated heterocycles. The number of benzene rings is 1. The molecule has 3 nitrogen and oxygen atoms in total. The first-order chi connectivity index (χ1) is 11.4. The SMILES string of the molecule is CC1(C)C(NC(=O)c2cc3ccc(F)c(F)c3s2)C2CCN1CC2.Cl. The molecule has 25 heavy (non-hydrogen) atoms. The van der Waals surface area contributed by atoms with Crippen molar-refractivity contribution in [2.75, 3.05) is 13.1 Å². The largest absolute Gasteiger partial charge is 0.346 e. The molecule has 2 bridgehead atoms. The number of rotatable bonds is 2. The zero-order valence-electron chi connectivity index (χ0n) is 14.1. The molecule has 1 amide bonds. The molecule has 0 aliphatic carbocycles. The molecule has 1 unspecified atom stereocenters. The van der Waals surface area contributed by atoms with Crippen molar-refractivity contribution in [3.63, 3.8) is 0 Å². The lowest BCUT2D eigenvalue weighted by molar-refractivity contribution is -0.0377. The summed E-state index contributed by atoms with van der Waals surface area (Å²) < 4.78 is 27.4. The third-order valence-corrected chi connectivity index (χ3v) is 6.82. The van der Waals surface area contributed by atoms with Crippen LogP contribution in [0.5, 0.6) is 0 Å². The highest BCUT2D eigenvalue weighted by Crippen LogP contribution is 2.39. The molecule has 5 rings (SSSR count). The molecule has 1 N–H and O–H groups in total. The Kier molecular flexibility index (Phi) is 4.81. The maximum atomic E-state index is 13.9. The minimum Gasteiger partial charge on any atom is -0.346 e. The molecule has 2 aromatic rings. The minimum atomic E-state index is -0.880. The first kappa shape index (κ1) is 18.5. The van der Waals surface area contributed by atoms with Gasteiger partial charge < -0.3 is 5.32 Å². The normalized spacial score (nSPS) is 27.1. The third kappa shape index (κ3) is 2.94. The summed E-state index contributed by atoms with van der Waals surface area (Å²) in [5.41, 5.74) is -0.0785. The Morgan fingerprint density at radius 1 is 1.28 bits per heavy atom. The number of hydrogen-bond donors (Lipinski definition) is 1. The predicted octanol–water partition coefficient (Wildman–Crippen LogP) is 4.20. The van der Waals surface area contributed by atoms with Gasteiger partial charge in [-0.1, -0.05) is 6.07 Å². The Labute approximate surface area is 155 Å². The van der Waals surface area contributed by atoms with Crippen LogP contribution in [-0.4, -0.2) is 35.5 Å². The zero-order valence-corrected chi connectivity index (χ0v) is 15.8. The van der Waals surface area contributed by atoms with E-state index in [1.165, 1.54) is 6.07 Å². The lowest BCUT2D eigenvalue weighted by Crippen LogP contribution is -2.69. The van der Waals surface area contributed by atoms with Crippen LogP contribution in [0.25, 0.3) is 10.1 Å². The Balaban J connectivity index is 0.00000182. The van der Waals surface area contributed by atoms with Crippen LogP contribution >= 0.6 is 23.7 Å². The van der Waals surface area contributed by atoms with Gasteiger partial charge in [0.1, 0.15) is 0 Å². The zero-order chi connectivity index (χ0) is 17.1. The topological polar surface area (TPSA) is 32.3 Å². The summed E-state index contributed by atoms with van der Waals surface area (Å²) in [6, 6.07) is 4.34. The number of fused-ring (bicyclic) bond motifs is 4. The van der Waals surface area contributed by atoms with E-state index in [9.17, 15) is 13.6 Å². The molecule has 1 atom stereocenters. The minimum absolute atomic E-state index is 0. The molecular weight excluding hydrogens is 366 g/mol. The van der Waals surface area contributed by atoms with Crippen molar-refractivity contribution in [2.24, 2.45) is 5.92 Å². The number of halogens is 3. The standard InChI is InChI=1S/C18H20F2N2OS.ClH/c1-18(2)16(10-5-7-22(18)8-6-10)21-17(23)13-9-11-3-4-12(19)14(20)15(11)24-13;/h3-4,9-10,16H,5-8H2,1-2H3,(H,21,23);1H. The molecule has 3 aliphatic rings. The summed E-state index contributed by atoms with van der Waals surface area (Å²) in [6.45, 7) is 6.50. The molecule has 0 saturated carbocycles. The second kappa shape index (κ2) is 6.49. The third-order valence-electron chi connectivity index (χ3n) is 5.68. The Morgan fingerprint density at radius 3 is 2.60 bits per heavy atom. The number of amides is 1. The number of nitrogens with one attached hydrogen (secondary N) is 1. The van der Waals surface area contributed by atoms with E-state index in [1.54, 1.807) is 6.07 Å². The summed E-state index contributed by atoms with van der Waals surface area (Å²) in [5, 5.41) is 3.73. The van der Waals surface area contributed by atoms with Crippen molar-refractivity contribution in [1.82, 2.24) is 10.2 Å². The fourth-order valence-electron chi connectivity index (χ4n) is 4.25. The first-order valence-corrected chi connectivity index (χ1v) is 9.13. The second-order valence-electron chi connectivity index (χ2n) is 7.32. The van der Waals surface area contributed by atoms with Crippen molar-refractivity contribution in [1.29, 1.82) is 0 Å². The van der Waals surface area contributed by atoms with E-state index < -0.39 is 11.6 Å². The number of nitrogens with zero attached hydrogens (tertiary/aromatic N) is 1. The van der Waals surface area contributed by atoms with Crippen LogP contribution in [0, 0.1) is 17.6 Å². The molecule has 7 heteroatoms. The van der Waals surface area contributed by atoms with Crippen molar-refractivity contribution in [3.05, 3.63) is 34.7 Å². The number of thiophene rings is 1. The van der Waals surface area contributed by atoms with E-state index >= 15 is 0 Å². The molecule has 3 fully saturated rings. The van der Waals surface area contributed by atoms with Gasteiger partial charge in [-0.15, -0.1) is 23.7 Å². The fraction of sp³-hybridized carbons (Fsp3) is 0.500. The van der Waals surface area contributed by atoms with Gasteiger partial charge in [-0.05, 0) is 63.2 Å². The number of hydrogen-bond acceptors (Lipinski definition) is 3. The van der Waals surface area contributed by atoms with Crippen LogP contribution in [0.4, 0.5) is 8.78 Å². The highest BCUT2D eigenvalue weighted by molar-refractivity contribution is 7.20. The van der Waals surface area contributed by atoms with E-state index in [-0.39, 0.29) is 34.6 Å². The molecular formula is C18H21ClF2N2OS. The van der Waals surface area contributed by atoms with Crippen LogP contribution in [0.2, 0.25) is 0 Å². The van der Waals surface area contributed by atoms with Gasteiger partial charge in [-0.3, -0.25) is 9.69 Å². The van der Waals surface area contributed by atoms with E-state index in [0.717, 1.165) is 43.3 Å². The van der Waals surface area contributed by atoms with E-state index in [2.05, 4.69) is 24.1 Å².